The molecule has 178 valence electrons. The van der Waals surface area contributed by atoms with Gasteiger partial charge in [-0.3, -0.25) is 9.69 Å². The first kappa shape index (κ1) is 23.3. The van der Waals surface area contributed by atoms with Gasteiger partial charge in [0, 0.05) is 21.0 Å². The number of anilines is 1. The topological polar surface area (TPSA) is 57.6 Å². The first-order chi connectivity index (χ1) is 17.3. The Balaban J connectivity index is 1.53. The van der Waals surface area contributed by atoms with E-state index >= 15 is 0 Å². The molecular weight excluding hydrogens is 487 g/mol. The molecule has 1 N–H and O–H groups in total. The molecule has 0 spiro atoms. The van der Waals surface area contributed by atoms with Crippen LogP contribution in [0.1, 0.15) is 20.8 Å². The fourth-order valence-electron chi connectivity index (χ4n) is 3.88. The minimum atomic E-state index is -1.52. The van der Waals surface area contributed by atoms with Gasteiger partial charge in [0.1, 0.15) is 0 Å². The molecule has 0 radical (unpaired) electrons. The lowest BCUT2D eigenvalue weighted by Gasteiger charge is -2.21. The number of aromatic carboxylic acids is 1. The van der Waals surface area contributed by atoms with E-state index in [1.807, 2.05) is 30.3 Å². The lowest BCUT2D eigenvalue weighted by molar-refractivity contribution is -0.113. The molecule has 36 heavy (non-hydrogen) atoms. The molecule has 1 aliphatic heterocycles. The molecule has 0 unspecified atom stereocenters. The monoisotopic (exact) mass is 503 g/mol. The van der Waals surface area contributed by atoms with Crippen LogP contribution in [0.4, 0.5) is 18.9 Å². The van der Waals surface area contributed by atoms with E-state index in [-0.39, 0.29) is 17.0 Å². The van der Waals surface area contributed by atoms with Crippen LogP contribution in [0.3, 0.4) is 0 Å². The first-order valence-electron chi connectivity index (χ1n) is 10.7. The molecule has 4 nitrogen and oxygen atoms in total. The van der Waals surface area contributed by atoms with Crippen molar-refractivity contribution in [2.45, 2.75) is 0 Å². The van der Waals surface area contributed by atoms with E-state index < -0.39 is 23.4 Å². The van der Waals surface area contributed by atoms with E-state index in [1.165, 1.54) is 28.4 Å². The van der Waals surface area contributed by atoms with E-state index in [9.17, 15) is 27.9 Å². The van der Waals surface area contributed by atoms with E-state index in [4.69, 9.17) is 0 Å². The quantitative estimate of drug-likeness (QED) is 0.236. The maximum Gasteiger partial charge on any atom is 0.335 e. The Kier molecular flexibility index (Phi) is 6.03. The molecule has 0 atom stereocenters. The summed E-state index contributed by atoms with van der Waals surface area (Å²) >= 11 is 1.20. The van der Waals surface area contributed by atoms with Crippen LogP contribution in [0.25, 0.3) is 22.2 Å². The normalized spacial score (nSPS) is 14.4. The van der Waals surface area contributed by atoms with Crippen molar-refractivity contribution < 1.29 is 27.9 Å². The van der Waals surface area contributed by atoms with Crippen LogP contribution < -0.4 is 4.90 Å². The second-order valence-corrected chi connectivity index (χ2v) is 9.06. The fraction of sp³-hybridized carbons (Fsp3) is 0. The van der Waals surface area contributed by atoms with Crippen molar-refractivity contribution in [1.82, 2.24) is 0 Å². The zero-order valence-corrected chi connectivity index (χ0v) is 19.2. The molecule has 0 fully saturated rings. The summed E-state index contributed by atoms with van der Waals surface area (Å²) in [7, 11) is 0. The van der Waals surface area contributed by atoms with Crippen molar-refractivity contribution in [3.8, 4) is 10.4 Å². The highest BCUT2D eigenvalue weighted by molar-refractivity contribution is 7.16. The average Bonchev–Trinajstić information content (AvgIpc) is 3.48. The van der Waals surface area contributed by atoms with Gasteiger partial charge >= 0.3 is 5.97 Å². The van der Waals surface area contributed by atoms with Gasteiger partial charge in [0.15, 0.2) is 17.5 Å². The molecule has 1 aromatic heterocycles. The van der Waals surface area contributed by atoms with Crippen LogP contribution in [0, 0.1) is 17.5 Å². The predicted molar refractivity (Wildman–Crippen MR) is 133 cm³/mol. The number of carboxylic acids is 1. The molecular formula is C28H16F3NO3S. The number of amides is 1. The van der Waals surface area contributed by atoms with Crippen molar-refractivity contribution in [1.29, 1.82) is 0 Å². The molecule has 3 aromatic carbocycles. The van der Waals surface area contributed by atoms with E-state index in [2.05, 4.69) is 0 Å². The number of carbonyl (C=O) groups is 2. The van der Waals surface area contributed by atoms with Crippen LogP contribution in [0.2, 0.25) is 0 Å². The number of halogens is 3. The first-order valence-corrected chi connectivity index (χ1v) is 11.5. The van der Waals surface area contributed by atoms with Crippen LogP contribution in [-0.2, 0) is 4.79 Å². The number of carbonyl (C=O) groups excluding carboxylic acids is 1. The van der Waals surface area contributed by atoms with Crippen molar-refractivity contribution >= 4 is 40.7 Å². The lowest BCUT2D eigenvalue weighted by atomic mass is 10.1. The van der Waals surface area contributed by atoms with Gasteiger partial charge < -0.3 is 5.11 Å². The van der Waals surface area contributed by atoms with E-state index in [1.54, 1.807) is 36.4 Å². The van der Waals surface area contributed by atoms with Crippen molar-refractivity contribution in [2.75, 3.05) is 4.90 Å². The number of nitrogens with zero attached hydrogens (tertiary/aromatic N) is 1. The molecule has 8 heteroatoms. The van der Waals surface area contributed by atoms with Crippen LogP contribution >= 0.6 is 11.3 Å². The SMILES string of the molecule is O=C(O)c1ccc(N2C(=O)/C(=C/c3ccc(-c4cc(F)c(F)c(F)c4)s3)C=C2c2ccccc2)cc1. The molecule has 1 aliphatic rings. The van der Waals surface area contributed by atoms with E-state index in [0.717, 1.165) is 17.7 Å². The number of carboxylic acid groups (broad SMARTS) is 1. The molecule has 0 aliphatic carbocycles. The summed E-state index contributed by atoms with van der Waals surface area (Å²) in [5.41, 5.74) is 2.59. The summed E-state index contributed by atoms with van der Waals surface area (Å²) in [4.78, 5) is 27.4. The highest BCUT2D eigenvalue weighted by Gasteiger charge is 2.30. The number of hydrogen-bond acceptors (Lipinski definition) is 3. The van der Waals surface area contributed by atoms with Gasteiger partial charge in [-0.25, -0.2) is 18.0 Å². The Morgan fingerprint density at radius 2 is 1.53 bits per heavy atom. The lowest BCUT2D eigenvalue weighted by Crippen LogP contribution is -2.25. The third kappa shape index (κ3) is 4.34. The Morgan fingerprint density at radius 1 is 0.861 bits per heavy atom. The summed E-state index contributed by atoms with van der Waals surface area (Å²) in [5, 5.41) is 9.20. The van der Waals surface area contributed by atoms with Gasteiger partial charge in [0.05, 0.1) is 11.3 Å². The molecule has 2 heterocycles. The Labute approximate surface area is 207 Å². The van der Waals surface area contributed by atoms with Crippen LogP contribution in [0.15, 0.2) is 90.5 Å². The van der Waals surface area contributed by atoms with Gasteiger partial charge in [-0.05, 0) is 71.8 Å². The maximum absolute atomic E-state index is 13.7. The Hall–Kier alpha value is -4.43. The van der Waals surface area contributed by atoms with Crippen molar-refractivity contribution in [3.05, 3.63) is 124 Å². The highest BCUT2D eigenvalue weighted by Crippen LogP contribution is 2.37. The zero-order chi connectivity index (χ0) is 25.4. The second-order valence-electron chi connectivity index (χ2n) is 7.94. The minimum Gasteiger partial charge on any atom is -0.478 e. The van der Waals surface area contributed by atoms with Crippen molar-refractivity contribution in [3.63, 3.8) is 0 Å². The Bertz CT molecular complexity index is 1530. The van der Waals surface area contributed by atoms with Crippen molar-refractivity contribution in [2.24, 2.45) is 0 Å². The molecule has 1 amide bonds. The molecule has 0 saturated carbocycles. The number of thiophene rings is 1. The van der Waals surface area contributed by atoms with Crippen LogP contribution in [0.5, 0.6) is 0 Å². The van der Waals surface area contributed by atoms with Crippen LogP contribution in [-0.4, -0.2) is 17.0 Å². The second kappa shape index (κ2) is 9.31. The minimum absolute atomic E-state index is 0.103. The molecule has 0 bridgehead atoms. The predicted octanol–water partition coefficient (Wildman–Crippen LogP) is 7.00. The maximum atomic E-state index is 13.7. The summed E-state index contributed by atoms with van der Waals surface area (Å²) in [6, 6.07) is 20.5. The van der Waals surface area contributed by atoms with Gasteiger partial charge in [0.25, 0.3) is 5.91 Å². The van der Waals surface area contributed by atoms with Gasteiger partial charge in [-0.1, -0.05) is 30.3 Å². The highest BCUT2D eigenvalue weighted by atomic mass is 32.1. The molecule has 4 aromatic rings. The summed E-state index contributed by atoms with van der Waals surface area (Å²) in [6.07, 6.45) is 3.40. The number of rotatable bonds is 5. The van der Waals surface area contributed by atoms with Gasteiger partial charge in [0.2, 0.25) is 0 Å². The average molecular weight is 504 g/mol. The summed E-state index contributed by atoms with van der Waals surface area (Å²) in [5.74, 6) is -5.45. The summed E-state index contributed by atoms with van der Waals surface area (Å²) in [6.45, 7) is 0. The third-order valence-corrected chi connectivity index (χ3v) is 6.70. The number of hydrogen-bond donors (Lipinski definition) is 1. The largest absolute Gasteiger partial charge is 0.478 e. The number of benzene rings is 3. The zero-order valence-electron chi connectivity index (χ0n) is 18.4. The fourth-order valence-corrected chi connectivity index (χ4v) is 4.83. The molecule has 5 rings (SSSR count). The summed E-state index contributed by atoms with van der Waals surface area (Å²) < 4.78 is 40.7. The Morgan fingerprint density at radius 3 is 2.17 bits per heavy atom. The standard InChI is InChI=1S/C28H16F3NO3S/c29-22-13-18(14-23(30)26(22)31)25-11-10-21(36-25)12-19-15-24(16-4-2-1-3-5-16)32(27(19)33)20-8-6-17(7-9-20)28(34)35/h1-15H,(H,34,35)/b19-12+. The third-order valence-electron chi connectivity index (χ3n) is 5.62. The van der Waals surface area contributed by atoms with E-state index in [0.29, 0.717) is 26.7 Å². The van der Waals surface area contributed by atoms with Gasteiger partial charge in [-0.2, -0.15) is 0 Å². The van der Waals surface area contributed by atoms with Gasteiger partial charge in [-0.15, -0.1) is 11.3 Å². The smallest absolute Gasteiger partial charge is 0.335 e. The molecule has 0 saturated heterocycles.